The summed E-state index contributed by atoms with van der Waals surface area (Å²) in [5.74, 6) is -2.31. The number of ether oxygens (including phenoxy) is 3. The quantitative estimate of drug-likeness (QED) is 0.269. The summed E-state index contributed by atoms with van der Waals surface area (Å²) in [6, 6.07) is 18.0. The number of carbonyl (C=O) groups excluding carboxylic acids is 3. The fraction of sp³-hybridized carbons (Fsp3) is 0.472. The van der Waals surface area contributed by atoms with Gasteiger partial charge in [-0.2, -0.15) is 0 Å². The zero-order valence-electron chi connectivity index (χ0n) is 25.2. The van der Waals surface area contributed by atoms with Gasteiger partial charge in [0.2, 0.25) is 5.78 Å². The van der Waals surface area contributed by atoms with Crippen molar-refractivity contribution in [1.29, 1.82) is 0 Å². The molecule has 7 nitrogen and oxygen atoms in total. The number of rotatable bonds is 6. The summed E-state index contributed by atoms with van der Waals surface area (Å²) >= 11 is 0. The molecule has 2 saturated carbocycles. The molecule has 4 aliphatic rings. The summed E-state index contributed by atoms with van der Waals surface area (Å²) in [6.45, 7) is 8.11. The second-order valence-electron chi connectivity index (χ2n) is 13.5. The van der Waals surface area contributed by atoms with E-state index in [0.717, 1.165) is 18.4 Å². The summed E-state index contributed by atoms with van der Waals surface area (Å²) in [7, 11) is 0. The number of ketones is 1. The molecule has 6 rings (SSSR count). The van der Waals surface area contributed by atoms with Crippen molar-refractivity contribution in [2.24, 2.45) is 29.1 Å². The van der Waals surface area contributed by atoms with Gasteiger partial charge in [-0.1, -0.05) is 68.5 Å². The third-order valence-electron chi connectivity index (χ3n) is 10.4. The van der Waals surface area contributed by atoms with E-state index < -0.39 is 47.2 Å². The molecular formula is C36H40O7. The molecule has 0 radical (unpaired) electrons. The summed E-state index contributed by atoms with van der Waals surface area (Å²) < 4.78 is 18.2. The van der Waals surface area contributed by atoms with E-state index >= 15 is 0 Å². The molecular weight excluding hydrogens is 544 g/mol. The molecule has 0 aromatic heterocycles. The van der Waals surface area contributed by atoms with Crippen LogP contribution in [0.2, 0.25) is 0 Å². The normalized spacial score (nSPS) is 37.1. The van der Waals surface area contributed by atoms with Crippen LogP contribution in [0.5, 0.6) is 0 Å². The van der Waals surface area contributed by atoms with Crippen molar-refractivity contribution >= 4 is 23.8 Å². The fourth-order valence-corrected chi connectivity index (χ4v) is 7.68. The Morgan fingerprint density at radius 1 is 1.05 bits per heavy atom. The number of esters is 2. The van der Waals surface area contributed by atoms with E-state index in [1.54, 1.807) is 37.3 Å². The Morgan fingerprint density at radius 3 is 2.42 bits per heavy atom. The third kappa shape index (κ3) is 5.38. The molecule has 8 atom stereocenters. The van der Waals surface area contributed by atoms with Crippen LogP contribution in [0.25, 0.3) is 6.08 Å². The van der Waals surface area contributed by atoms with Gasteiger partial charge >= 0.3 is 11.9 Å². The number of Topliss-reactive ketones (excluding diaryl/α,β-unsaturated/α-hetero) is 1. The van der Waals surface area contributed by atoms with Crippen LogP contribution >= 0.6 is 0 Å². The first-order valence-corrected chi connectivity index (χ1v) is 15.2. The van der Waals surface area contributed by atoms with Crippen LogP contribution < -0.4 is 0 Å². The van der Waals surface area contributed by atoms with Crippen LogP contribution in [0, 0.1) is 29.1 Å². The number of aliphatic hydroxyl groups excluding tert-OH is 1. The minimum Gasteiger partial charge on any atom is -0.462 e. The Kier molecular flexibility index (Phi) is 7.46. The van der Waals surface area contributed by atoms with Crippen LogP contribution in [-0.2, 0) is 23.8 Å². The van der Waals surface area contributed by atoms with Gasteiger partial charge in [-0.25, -0.2) is 9.59 Å². The second-order valence-corrected chi connectivity index (χ2v) is 13.5. The number of carbonyl (C=O) groups is 3. The number of epoxide rings is 1. The minimum atomic E-state index is -1.68. The molecule has 2 aromatic rings. The predicted molar refractivity (Wildman–Crippen MR) is 161 cm³/mol. The number of benzene rings is 2. The maximum Gasteiger partial charge on any atom is 0.338 e. The standard InChI is InChI=1S/C36H40O7/c1-22-19-27-26(34(27,2)3)17-18-35(4)32(43-35)29-30(38)25(21-41-33(40)24-13-9-6-10-14-24)20-36(29,31(22)39)42-28(37)16-15-23-11-7-5-8-12-23/h5-16,19,25-27,29-30,32,38H,17-18,20-21H2,1-4H3/b16-15+,22-19+/t25-,26+,27-,29?,30+,32?,35-,36?/m1/s1. The Balaban J connectivity index is 1.35. The van der Waals surface area contributed by atoms with Crippen molar-refractivity contribution in [3.63, 3.8) is 0 Å². The third-order valence-corrected chi connectivity index (χ3v) is 10.4. The molecule has 226 valence electrons. The average molecular weight is 585 g/mol. The van der Waals surface area contributed by atoms with Gasteiger partial charge in [0.15, 0.2) is 5.60 Å². The van der Waals surface area contributed by atoms with Crippen molar-refractivity contribution in [2.75, 3.05) is 6.61 Å². The molecule has 0 amide bonds. The molecule has 0 spiro atoms. The zero-order valence-corrected chi connectivity index (χ0v) is 25.2. The van der Waals surface area contributed by atoms with Gasteiger partial charge in [-0.15, -0.1) is 0 Å². The van der Waals surface area contributed by atoms with Crippen LogP contribution in [0.1, 0.15) is 62.9 Å². The maximum atomic E-state index is 14.5. The molecule has 3 fully saturated rings. The Bertz CT molecular complexity index is 1460. The van der Waals surface area contributed by atoms with Crippen LogP contribution in [0.4, 0.5) is 0 Å². The number of fused-ring (bicyclic) bond motifs is 4. The van der Waals surface area contributed by atoms with Crippen LogP contribution in [0.3, 0.4) is 0 Å². The summed E-state index contributed by atoms with van der Waals surface area (Å²) in [5, 5.41) is 11.8. The number of hydrogen-bond donors (Lipinski definition) is 1. The minimum absolute atomic E-state index is 0.0171. The Labute approximate surface area is 252 Å². The van der Waals surface area contributed by atoms with Crippen molar-refractivity contribution in [2.45, 2.75) is 70.4 Å². The highest BCUT2D eigenvalue weighted by molar-refractivity contribution is 6.04. The molecule has 2 aromatic carbocycles. The molecule has 3 aliphatic carbocycles. The van der Waals surface area contributed by atoms with Gasteiger partial charge < -0.3 is 19.3 Å². The highest BCUT2D eigenvalue weighted by atomic mass is 16.6. The highest BCUT2D eigenvalue weighted by Crippen LogP contribution is 2.64. The molecule has 3 unspecified atom stereocenters. The number of hydrogen-bond acceptors (Lipinski definition) is 7. The van der Waals surface area contributed by atoms with Gasteiger partial charge in [0.05, 0.1) is 35.9 Å². The Hall–Kier alpha value is -3.55. The van der Waals surface area contributed by atoms with E-state index in [0.29, 0.717) is 17.1 Å². The topological polar surface area (TPSA) is 102 Å². The highest BCUT2D eigenvalue weighted by Gasteiger charge is 2.72. The van der Waals surface area contributed by atoms with E-state index in [2.05, 4.69) is 13.8 Å². The second kappa shape index (κ2) is 10.9. The molecule has 1 saturated heterocycles. The largest absolute Gasteiger partial charge is 0.462 e. The average Bonchev–Trinajstić information content (AvgIpc) is 3.77. The lowest BCUT2D eigenvalue weighted by Crippen LogP contribution is -2.52. The van der Waals surface area contributed by atoms with Gasteiger partial charge in [0.1, 0.15) is 0 Å². The first kappa shape index (κ1) is 29.5. The fourth-order valence-electron chi connectivity index (χ4n) is 7.68. The van der Waals surface area contributed by atoms with Gasteiger partial charge in [0.25, 0.3) is 0 Å². The molecule has 0 bridgehead atoms. The van der Waals surface area contributed by atoms with Crippen molar-refractivity contribution < 1.29 is 33.7 Å². The van der Waals surface area contributed by atoms with Crippen LogP contribution in [-0.4, -0.2) is 52.8 Å². The molecule has 1 heterocycles. The van der Waals surface area contributed by atoms with E-state index in [9.17, 15) is 19.5 Å². The molecule has 43 heavy (non-hydrogen) atoms. The lowest BCUT2D eigenvalue weighted by Gasteiger charge is -2.34. The van der Waals surface area contributed by atoms with Crippen LogP contribution in [0.15, 0.2) is 78.4 Å². The number of aliphatic hydroxyl groups is 1. The van der Waals surface area contributed by atoms with Gasteiger partial charge in [-0.3, -0.25) is 4.79 Å². The van der Waals surface area contributed by atoms with Crippen molar-refractivity contribution in [1.82, 2.24) is 0 Å². The van der Waals surface area contributed by atoms with E-state index in [1.807, 2.05) is 49.4 Å². The van der Waals surface area contributed by atoms with Crippen molar-refractivity contribution in [3.8, 4) is 0 Å². The summed E-state index contributed by atoms with van der Waals surface area (Å²) in [4.78, 5) is 40.8. The molecule has 1 aliphatic heterocycles. The number of allylic oxidation sites excluding steroid dienone is 1. The summed E-state index contributed by atoms with van der Waals surface area (Å²) in [5.41, 5.74) is -0.442. The zero-order chi connectivity index (χ0) is 30.6. The SMILES string of the molecule is C/C1=C\[C@@H]2[C@H](CC[C@@]3(C)OC3C3[C@@H](O)[C@@H](COC(=O)c4ccccc4)CC3(OC(=O)/C=C/c3ccccc3)C1=O)C2(C)C. The first-order chi connectivity index (χ1) is 20.5. The molecule has 7 heteroatoms. The lowest BCUT2D eigenvalue weighted by molar-refractivity contribution is -0.168. The van der Waals surface area contributed by atoms with Crippen molar-refractivity contribution in [3.05, 3.63) is 89.5 Å². The predicted octanol–water partition coefficient (Wildman–Crippen LogP) is 5.57. The van der Waals surface area contributed by atoms with E-state index in [4.69, 9.17) is 14.2 Å². The maximum absolute atomic E-state index is 14.5. The first-order valence-electron chi connectivity index (χ1n) is 15.2. The van der Waals surface area contributed by atoms with E-state index in [1.165, 1.54) is 6.08 Å². The smallest absolute Gasteiger partial charge is 0.338 e. The van der Waals surface area contributed by atoms with Gasteiger partial charge in [-0.05, 0) is 73.3 Å². The monoisotopic (exact) mass is 584 g/mol. The van der Waals surface area contributed by atoms with Gasteiger partial charge in [0, 0.05) is 18.4 Å². The molecule has 1 N–H and O–H groups in total. The van der Waals surface area contributed by atoms with E-state index in [-0.39, 0.29) is 30.1 Å². The lowest BCUT2D eigenvalue weighted by atomic mass is 9.77. The summed E-state index contributed by atoms with van der Waals surface area (Å²) in [6.07, 6.45) is 5.15. The Morgan fingerprint density at radius 2 is 1.72 bits per heavy atom.